The normalized spacial score (nSPS) is 16.8. The highest BCUT2D eigenvalue weighted by molar-refractivity contribution is 7.99. The zero-order valence-corrected chi connectivity index (χ0v) is 10.1. The van der Waals surface area contributed by atoms with Gasteiger partial charge in [-0.25, -0.2) is 0 Å². The van der Waals surface area contributed by atoms with Crippen LogP contribution in [0, 0.1) is 0 Å². The number of nitrogens with two attached hydrogens (primary N) is 1. The van der Waals surface area contributed by atoms with Crippen LogP contribution in [0.3, 0.4) is 0 Å². The van der Waals surface area contributed by atoms with Gasteiger partial charge >= 0.3 is 0 Å². The van der Waals surface area contributed by atoms with Crippen LogP contribution >= 0.6 is 11.8 Å². The van der Waals surface area contributed by atoms with Gasteiger partial charge in [-0.1, -0.05) is 0 Å². The molecule has 0 radical (unpaired) electrons. The van der Waals surface area contributed by atoms with Crippen molar-refractivity contribution in [2.24, 2.45) is 5.73 Å². The summed E-state index contributed by atoms with van der Waals surface area (Å²) in [5.41, 5.74) is 7.01. The van der Waals surface area contributed by atoms with E-state index in [4.69, 9.17) is 10.8 Å². The Morgan fingerprint density at radius 3 is 2.56 bits per heavy atom. The van der Waals surface area contributed by atoms with Crippen LogP contribution in [0.25, 0.3) is 0 Å². The first-order valence-electron chi connectivity index (χ1n) is 5.21. The fourth-order valence-corrected chi connectivity index (χ4v) is 2.56. The summed E-state index contributed by atoms with van der Waals surface area (Å²) in [6.45, 7) is 1.72. The molecule has 0 amide bonds. The number of hydrogen-bond donors (Lipinski definition) is 3. The van der Waals surface area contributed by atoms with Gasteiger partial charge in [-0.05, 0) is 24.6 Å². The van der Waals surface area contributed by atoms with Gasteiger partial charge in [-0.15, -0.1) is 11.8 Å². The topological polar surface area (TPSA) is 79.4 Å². The van der Waals surface area contributed by atoms with Crippen molar-refractivity contribution in [2.75, 3.05) is 12.4 Å². The molecule has 0 aliphatic rings. The molecule has 0 fully saturated rings. The van der Waals surface area contributed by atoms with Gasteiger partial charge in [0, 0.05) is 29.4 Å². The summed E-state index contributed by atoms with van der Waals surface area (Å²) in [6.07, 6.45) is 2.77. The average molecular weight is 242 g/mol. The van der Waals surface area contributed by atoms with Gasteiger partial charge in [-0.3, -0.25) is 4.98 Å². The fourth-order valence-electron chi connectivity index (χ4n) is 1.37. The number of aliphatic hydroxyl groups excluding tert-OH is 2. The SMILES string of the molecule is CC(N)C(SCC(O)CO)c1ccncc1. The van der Waals surface area contributed by atoms with E-state index in [0.29, 0.717) is 5.75 Å². The van der Waals surface area contributed by atoms with E-state index < -0.39 is 6.10 Å². The number of hydrogen-bond acceptors (Lipinski definition) is 5. The maximum Gasteiger partial charge on any atom is 0.0861 e. The largest absolute Gasteiger partial charge is 0.394 e. The molecule has 3 unspecified atom stereocenters. The summed E-state index contributed by atoms with van der Waals surface area (Å²) in [6, 6.07) is 3.83. The second-order valence-corrected chi connectivity index (χ2v) is 4.90. The Hall–Kier alpha value is -0.620. The average Bonchev–Trinajstić information content (AvgIpc) is 2.30. The Balaban J connectivity index is 2.62. The molecule has 4 nitrogen and oxygen atoms in total. The molecule has 1 aromatic heterocycles. The van der Waals surface area contributed by atoms with Gasteiger partial charge in [0.25, 0.3) is 0 Å². The standard InChI is InChI=1S/C11H18N2O2S/c1-8(12)11(16-7-10(15)6-14)9-2-4-13-5-3-9/h2-5,8,10-11,14-15H,6-7,12H2,1H3. The lowest BCUT2D eigenvalue weighted by Crippen LogP contribution is -2.25. The van der Waals surface area contributed by atoms with Gasteiger partial charge in [0.1, 0.15) is 0 Å². The van der Waals surface area contributed by atoms with Crippen molar-refractivity contribution in [3.63, 3.8) is 0 Å². The molecule has 1 heterocycles. The quantitative estimate of drug-likeness (QED) is 0.679. The van der Waals surface area contributed by atoms with Gasteiger partial charge in [-0.2, -0.15) is 0 Å². The zero-order valence-electron chi connectivity index (χ0n) is 9.28. The van der Waals surface area contributed by atoms with E-state index in [2.05, 4.69) is 4.98 Å². The number of aromatic nitrogens is 1. The van der Waals surface area contributed by atoms with E-state index in [1.165, 1.54) is 0 Å². The first kappa shape index (κ1) is 13.4. The maximum atomic E-state index is 9.31. The third kappa shape index (κ3) is 4.09. The van der Waals surface area contributed by atoms with E-state index in [0.717, 1.165) is 5.56 Å². The summed E-state index contributed by atoms with van der Waals surface area (Å²) in [4.78, 5) is 3.96. The third-order valence-electron chi connectivity index (χ3n) is 2.19. The minimum atomic E-state index is -0.687. The van der Waals surface area contributed by atoms with Crippen molar-refractivity contribution in [1.82, 2.24) is 4.98 Å². The lowest BCUT2D eigenvalue weighted by Gasteiger charge is -2.21. The molecule has 4 N–H and O–H groups in total. The van der Waals surface area contributed by atoms with Crippen LogP contribution in [0.15, 0.2) is 24.5 Å². The van der Waals surface area contributed by atoms with Crippen LogP contribution in [0.2, 0.25) is 0 Å². The van der Waals surface area contributed by atoms with Crippen molar-refractivity contribution in [1.29, 1.82) is 0 Å². The van der Waals surface area contributed by atoms with Gasteiger partial charge in [0.2, 0.25) is 0 Å². The Bertz CT molecular complexity index is 295. The Labute approximate surface area is 99.9 Å². The van der Waals surface area contributed by atoms with Crippen LogP contribution in [-0.4, -0.2) is 39.7 Å². The van der Waals surface area contributed by atoms with E-state index in [1.807, 2.05) is 19.1 Å². The molecule has 0 saturated carbocycles. The Kier molecular flexibility index (Phi) is 5.76. The minimum absolute atomic E-state index is 0.0155. The first-order chi connectivity index (χ1) is 7.65. The van der Waals surface area contributed by atoms with E-state index in [9.17, 15) is 5.11 Å². The predicted molar refractivity (Wildman–Crippen MR) is 66.2 cm³/mol. The molecule has 1 aromatic rings. The molecule has 5 heteroatoms. The first-order valence-corrected chi connectivity index (χ1v) is 6.26. The highest BCUT2D eigenvalue weighted by Gasteiger charge is 2.18. The molecule has 0 saturated heterocycles. The van der Waals surface area contributed by atoms with Crippen molar-refractivity contribution in [3.8, 4) is 0 Å². The second kappa shape index (κ2) is 6.85. The predicted octanol–water partition coefficient (Wildman–Crippen LogP) is 0.556. The molecule has 0 aromatic carbocycles. The lowest BCUT2D eigenvalue weighted by atomic mass is 10.1. The highest BCUT2D eigenvalue weighted by atomic mass is 32.2. The molecule has 3 atom stereocenters. The van der Waals surface area contributed by atoms with E-state index in [-0.39, 0.29) is 17.9 Å². The summed E-state index contributed by atoms with van der Waals surface area (Å²) in [5, 5.41) is 18.2. The molecule has 0 bridgehead atoms. The second-order valence-electron chi connectivity index (χ2n) is 3.73. The summed E-state index contributed by atoms with van der Waals surface area (Å²) < 4.78 is 0. The van der Waals surface area contributed by atoms with Crippen molar-refractivity contribution < 1.29 is 10.2 Å². The monoisotopic (exact) mass is 242 g/mol. The van der Waals surface area contributed by atoms with Crippen LogP contribution in [0.5, 0.6) is 0 Å². The Morgan fingerprint density at radius 1 is 1.44 bits per heavy atom. The molecule has 1 rings (SSSR count). The molecule has 90 valence electrons. The maximum absolute atomic E-state index is 9.31. The number of aliphatic hydroxyl groups is 2. The summed E-state index contributed by atoms with van der Waals surface area (Å²) in [5.74, 6) is 0.477. The van der Waals surface area contributed by atoms with Crippen molar-refractivity contribution >= 4 is 11.8 Å². The van der Waals surface area contributed by atoms with E-state index in [1.54, 1.807) is 24.2 Å². The number of nitrogens with zero attached hydrogens (tertiary/aromatic N) is 1. The molecule has 0 spiro atoms. The Morgan fingerprint density at radius 2 is 2.06 bits per heavy atom. The fraction of sp³-hybridized carbons (Fsp3) is 0.545. The molecule has 16 heavy (non-hydrogen) atoms. The number of thioether (sulfide) groups is 1. The molecular weight excluding hydrogens is 224 g/mol. The van der Waals surface area contributed by atoms with Crippen LogP contribution in [-0.2, 0) is 0 Å². The summed E-state index contributed by atoms with van der Waals surface area (Å²) in [7, 11) is 0. The number of pyridine rings is 1. The lowest BCUT2D eigenvalue weighted by molar-refractivity contribution is 0.113. The van der Waals surface area contributed by atoms with Crippen molar-refractivity contribution in [2.45, 2.75) is 24.3 Å². The van der Waals surface area contributed by atoms with Crippen molar-refractivity contribution in [3.05, 3.63) is 30.1 Å². The van der Waals surface area contributed by atoms with Crippen LogP contribution in [0.4, 0.5) is 0 Å². The number of rotatable bonds is 6. The van der Waals surface area contributed by atoms with E-state index >= 15 is 0 Å². The van der Waals surface area contributed by atoms with Gasteiger partial charge in [0.05, 0.1) is 12.7 Å². The molecular formula is C11H18N2O2S. The van der Waals surface area contributed by atoms with Crippen LogP contribution in [0.1, 0.15) is 17.7 Å². The molecule has 0 aliphatic heterocycles. The third-order valence-corrected chi connectivity index (χ3v) is 3.83. The summed E-state index contributed by atoms with van der Waals surface area (Å²) >= 11 is 1.55. The van der Waals surface area contributed by atoms with Crippen LogP contribution < -0.4 is 5.73 Å². The molecule has 0 aliphatic carbocycles. The smallest absolute Gasteiger partial charge is 0.0861 e. The van der Waals surface area contributed by atoms with Gasteiger partial charge < -0.3 is 15.9 Å². The zero-order chi connectivity index (χ0) is 12.0. The minimum Gasteiger partial charge on any atom is -0.394 e. The van der Waals surface area contributed by atoms with Gasteiger partial charge in [0.15, 0.2) is 0 Å². The highest BCUT2D eigenvalue weighted by Crippen LogP contribution is 2.31.